The van der Waals surface area contributed by atoms with Gasteiger partial charge in [-0.1, -0.05) is 5.16 Å². The van der Waals surface area contributed by atoms with Crippen LogP contribution in [0, 0.1) is 5.92 Å². The van der Waals surface area contributed by atoms with E-state index in [-0.39, 0.29) is 22.8 Å². The molecule has 0 unspecified atom stereocenters. The molecule has 1 saturated carbocycles. The van der Waals surface area contributed by atoms with Gasteiger partial charge in [-0.25, -0.2) is 8.42 Å². The first-order valence-electron chi connectivity index (χ1n) is 11.7. The molecule has 1 aromatic carbocycles. The van der Waals surface area contributed by atoms with Gasteiger partial charge in [0, 0.05) is 43.0 Å². The summed E-state index contributed by atoms with van der Waals surface area (Å²) in [6.45, 7) is 2.56. The fourth-order valence-electron chi connectivity index (χ4n) is 4.27. The highest BCUT2D eigenvalue weighted by Crippen LogP contribution is 2.39. The number of sulfonamides is 1. The van der Waals surface area contributed by atoms with E-state index in [1.807, 2.05) is 19.1 Å². The van der Waals surface area contributed by atoms with Crippen LogP contribution in [0.25, 0.3) is 11.4 Å². The van der Waals surface area contributed by atoms with Crippen molar-refractivity contribution < 1.29 is 22.2 Å². The minimum atomic E-state index is -3.64. The number of benzene rings is 1. The molecule has 1 amide bonds. The summed E-state index contributed by atoms with van der Waals surface area (Å²) in [7, 11) is -3.64. The highest BCUT2D eigenvalue weighted by molar-refractivity contribution is 7.89. The molecule has 0 spiro atoms. The Morgan fingerprint density at radius 1 is 1.15 bits per heavy atom. The Morgan fingerprint density at radius 3 is 2.53 bits per heavy atom. The molecule has 0 radical (unpaired) electrons. The molecule has 180 valence electrons. The van der Waals surface area contributed by atoms with Crippen LogP contribution in [0.4, 0.5) is 0 Å². The third-order valence-electron chi connectivity index (χ3n) is 6.42. The molecule has 2 aliphatic rings. The molecular weight excluding hydrogens is 456 g/mol. The normalized spacial score (nSPS) is 18.6. The number of piperidine rings is 1. The average Bonchev–Trinajstić information content (AvgIpc) is 3.34. The van der Waals surface area contributed by atoms with E-state index < -0.39 is 10.0 Å². The highest BCUT2D eigenvalue weighted by atomic mass is 32.2. The topological polar surface area (TPSA) is 119 Å². The molecule has 3 heterocycles. The van der Waals surface area contributed by atoms with Gasteiger partial charge in [0.25, 0.3) is 0 Å². The van der Waals surface area contributed by atoms with Gasteiger partial charge in [0.05, 0.1) is 11.2 Å². The standard InChI is InChI=1S/C24H28N4O5S/c1-16(15-20-3-2-14-32-20)25-23(29)18-10-12-28(13-11-18)34(30,31)21-8-6-17(7-9-21)22-26-24(33-27-22)19-4-5-19/h2-3,6-9,14,16,18-19H,4-5,10-13,15H2,1H3,(H,25,29)/t16-/m0/s1. The molecule has 1 aliphatic heterocycles. The zero-order valence-electron chi connectivity index (χ0n) is 19.0. The van der Waals surface area contributed by atoms with Crippen LogP contribution in [0.5, 0.6) is 0 Å². The number of carbonyl (C=O) groups is 1. The van der Waals surface area contributed by atoms with Gasteiger partial charge in [-0.05, 0) is 69.0 Å². The van der Waals surface area contributed by atoms with Crippen LogP contribution in [0.1, 0.15) is 50.2 Å². The van der Waals surface area contributed by atoms with E-state index in [2.05, 4.69) is 15.5 Å². The Labute approximate surface area is 198 Å². The lowest BCUT2D eigenvalue weighted by Crippen LogP contribution is -2.45. The van der Waals surface area contributed by atoms with Crippen molar-refractivity contribution in [3.05, 3.63) is 54.3 Å². The largest absolute Gasteiger partial charge is 0.469 e. The molecule has 2 fully saturated rings. The Kier molecular flexibility index (Phi) is 6.26. The van der Waals surface area contributed by atoms with Crippen LogP contribution in [0.3, 0.4) is 0 Å². The number of hydrogen-bond donors (Lipinski definition) is 1. The molecule has 0 bridgehead atoms. The van der Waals surface area contributed by atoms with Crippen molar-refractivity contribution in [1.82, 2.24) is 19.8 Å². The second-order valence-electron chi connectivity index (χ2n) is 9.13. The van der Waals surface area contributed by atoms with Crippen molar-refractivity contribution in [2.75, 3.05) is 13.1 Å². The molecule has 9 nitrogen and oxygen atoms in total. The summed E-state index contributed by atoms with van der Waals surface area (Å²) in [4.78, 5) is 17.3. The van der Waals surface area contributed by atoms with E-state index in [1.54, 1.807) is 30.5 Å². The highest BCUT2D eigenvalue weighted by Gasteiger charge is 2.33. The first kappa shape index (κ1) is 22.8. The van der Waals surface area contributed by atoms with Gasteiger partial charge in [0.2, 0.25) is 27.6 Å². The average molecular weight is 485 g/mol. The minimum absolute atomic E-state index is 0.0360. The van der Waals surface area contributed by atoms with E-state index in [4.69, 9.17) is 8.94 Å². The van der Waals surface area contributed by atoms with Crippen molar-refractivity contribution in [3.63, 3.8) is 0 Å². The SMILES string of the molecule is C[C@@H](Cc1ccco1)NC(=O)C1CCN(S(=O)(=O)c2ccc(-c3noc(C4CC4)n3)cc2)CC1. The quantitative estimate of drug-likeness (QED) is 0.521. The van der Waals surface area contributed by atoms with E-state index in [1.165, 1.54) is 4.31 Å². The molecule has 10 heteroatoms. The molecular formula is C24H28N4O5S. The summed E-state index contributed by atoms with van der Waals surface area (Å²) >= 11 is 0. The van der Waals surface area contributed by atoms with Gasteiger partial charge in [-0.15, -0.1) is 0 Å². The summed E-state index contributed by atoms with van der Waals surface area (Å²) in [5.74, 6) is 2.07. The van der Waals surface area contributed by atoms with Crippen molar-refractivity contribution in [2.45, 2.75) is 55.9 Å². The second kappa shape index (κ2) is 9.34. The number of rotatable bonds is 8. The van der Waals surface area contributed by atoms with Crippen molar-refractivity contribution in [3.8, 4) is 11.4 Å². The number of nitrogens with zero attached hydrogens (tertiary/aromatic N) is 3. The number of carbonyl (C=O) groups excluding carboxylic acids is 1. The summed E-state index contributed by atoms with van der Waals surface area (Å²) in [5.41, 5.74) is 0.716. The Morgan fingerprint density at radius 2 is 1.88 bits per heavy atom. The van der Waals surface area contributed by atoms with Crippen molar-refractivity contribution in [2.24, 2.45) is 5.92 Å². The fourth-order valence-corrected chi connectivity index (χ4v) is 5.74. The molecule has 5 rings (SSSR count). The van der Waals surface area contributed by atoms with Crippen LogP contribution < -0.4 is 5.32 Å². The zero-order chi connectivity index (χ0) is 23.7. The maximum Gasteiger partial charge on any atom is 0.243 e. The molecule has 1 aliphatic carbocycles. The van der Waals surface area contributed by atoms with E-state index in [0.29, 0.717) is 55.5 Å². The van der Waals surface area contributed by atoms with Gasteiger partial charge >= 0.3 is 0 Å². The predicted molar refractivity (Wildman–Crippen MR) is 123 cm³/mol. The third kappa shape index (κ3) is 4.92. The summed E-state index contributed by atoms with van der Waals surface area (Å²) in [6.07, 6.45) is 5.35. The second-order valence-corrected chi connectivity index (χ2v) is 11.1. The minimum Gasteiger partial charge on any atom is -0.469 e. The van der Waals surface area contributed by atoms with E-state index in [9.17, 15) is 13.2 Å². The lowest BCUT2D eigenvalue weighted by Gasteiger charge is -2.31. The number of nitrogens with one attached hydrogen (secondary N) is 1. The van der Waals surface area contributed by atoms with Gasteiger partial charge in [0.15, 0.2) is 0 Å². The number of hydrogen-bond acceptors (Lipinski definition) is 7. The maximum absolute atomic E-state index is 13.1. The lowest BCUT2D eigenvalue weighted by atomic mass is 9.96. The molecule has 2 aromatic heterocycles. The first-order valence-corrected chi connectivity index (χ1v) is 13.1. The summed E-state index contributed by atoms with van der Waals surface area (Å²) in [6, 6.07) is 10.2. The Hall–Kier alpha value is -2.98. The van der Waals surface area contributed by atoms with E-state index in [0.717, 1.165) is 18.6 Å². The van der Waals surface area contributed by atoms with E-state index >= 15 is 0 Å². The van der Waals surface area contributed by atoms with Crippen LogP contribution in [0.2, 0.25) is 0 Å². The number of aromatic nitrogens is 2. The molecule has 3 aromatic rings. The summed E-state index contributed by atoms with van der Waals surface area (Å²) in [5, 5.41) is 7.03. The first-order chi connectivity index (χ1) is 16.4. The van der Waals surface area contributed by atoms with Gasteiger partial charge in [-0.3, -0.25) is 4.79 Å². The molecule has 1 saturated heterocycles. The van der Waals surface area contributed by atoms with Crippen molar-refractivity contribution >= 4 is 15.9 Å². The van der Waals surface area contributed by atoms with Crippen LogP contribution in [0.15, 0.2) is 56.5 Å². The van der Waals surface area contributed by atoms with Gasteiger partial charge in [0.1, 0.15) is 5.76 Å². The van der Waals surface area contributed by atoms with Gasteiger partial charge < -0.3 is 14.3 Å². The lowest BCUT2D eigenvalue weighted by molar-refractivity contribution is -0.126. The van der Waals surface area contributed by atoms with Crippen molar-refractivity contribution in [1.29, 1.82) is 0 Å². The number of amides is 1. The van der Waals surface area contributed by atoms with Crippen LogP contribution >= 0.6 is 0 Å². The third-order valence-corrected chi connectivity index (χ3v) is 8.33. The number of furan rings is 1. The van der Waals surface area contributed by atoms with Crippen LogP contribution in [-0.4, -0.2) is 47.9 Å². The van der Waals surface area contributed by atoms with Gasteiger partial charge in [-0.2, -0.15) is 9.29 Å². The zero-order valence-corrected chi connectivity index (χ0v) is 19.8. The maximum atomic E-state index is 13.1. The van der Waals surface area contributed by atoms with Crippen LogP contribution in [-0.2, 0) is 21.2 Å². The molecule has 1 N–H and O–H groups in total. The Balaban J connectivity index is 1.16. The Bertz CT molecular complexity index is 1220. The molecule has 1 atom stereocenters. The molecule has 34 heavy (non-hydrogen) atoms. The predicted octanol–water partition coefficient (Wildman–Crippen LogP) is 3.36. The monoisotopic (exact) mass is 484 g/mol. The fraction of sp³-hybridized carbons (Fsp3) is 0.458. The smallest absolute Gasteiger partial charge is 0.243 e. The summed E-state index contributed by atoms with van der Waals surface area (Å²) < 4.78 is 38.3.